The fourth-order valence-corrected chi connectivity index (χ4v) is 5.46. The highest BCUT2D eigenvalue weighted by Crippen LogP contribution is 2.56. The number of hydrogen-bond donors (Lipinski definition) is 1. The number of amidine groups is 1. The number of fused-ring (bicyclic) bond motifs is 3. The third-order valence-electron chi connectivity index (χ3n) is 6.43. The number of hydrogen-bond acceptors (Lipinski definition) is 4. The summed E-state index contributed by atoms with van der Waals surface area (Å²) in [4.78, 5) is 7.10. The van der Waals surface area contributed by atoms with Crippen molar-refractivity contribution < 1.29 is 0 Å². The van der Waals surface area contributed by atoms with Crippen LogP contribution in [0.15, 0.2) is 77.1 Å². The summed E-state index contributed by atoms with van der Waals surface area (Å²) in [7, 11) is 0. The van der Waals surface area contributed by atoms with E-state index in [1.807, 2.05) is 30.5 Å². The first-order valence-corrected chi connectivity index (χ1v) is 10.9. The van der Waals surface area contributed by atoms with Gasteiger partial charge in [0.2, 0.25) is 0 Å². The van der Waals surface area contributed by atoms with Gasteiger partial charge in [-0.15, -0.1) is 0 Å². The van der Waals surface area contributed by atoms with Gasteiger partial charge < -0.3 is 4.90 Å². The zero-order valence-corrected chi connectivity index (χ0v) is 18.2. The van der Waals surface area contributed by atoms with E-state index < -0.39 is 5.41 Å². The summed E-state index contributed by atoms with van der Waals surface area (Å²) in [6.07, 6.45) is 7.64. The zero-order chi connectivity index (χ0) is 20.9. The van der Waals surface area contributed by atoms with Crippen LogP contribution in [-0.2, 0) is 5.41 Å². The minimum atomic E-state index is -0.404. The lowest BCUT2D eigenvalue weighted by Gasteiger charge is -2.53. The molecule has 4 nitrogen and oxygen atoms in total. The van der Waals surface area contributed by atoms with Crippen LogP contribution in [0.25, 0.3) is 0 Å². The Bertz CT molecular complexity index is 1120. The summed E-state index contributed by atoms with van der Waals surface area (Å²) in [5.74, 6) is 1.09. The molecule has 1 saturated heterocycles. The Hall–Kier alpha value is -2.56. The summed E-state index contributed by atoms with van der Waals surface area (Å²) in [6.45, 7) is 6.63. The SMILES string of the molecule is C=C(CC)C1N2C=CNN=C2CC(c2cccc(Cl)c2)C12C=Nc1cc(Cl)ccc12. The van der Waals surface area contributed by atoms with Crippen LogP contribution in [-0.4, -0.2) is 23.0 Å². The molecule has 2 aromatic carbocycles. The quantitative estimate of drug-likeness (QED) is 0.585. The lowest BCUT2D eigenvalue weighted by atomic mass is 9.59. The molecule has 0 aliphatic carbocycles. The molecule has 0 radical (unpaired) electrons. The molecule has 152 valence electrons. The van der Waals surface area contributed by atoms with Crippen molar-refractivity contribution in [1.82, 2.24) is 10.3 Å². The van der Waals surface area contributed by atoms with E-state index in [2.05, 4.69) is 59.5 Å². The van der Waals surface area contributed by atoms with Gasteiger partial charge in [-0.1, -0.05) is 60.5 Å². The summed E-state index contributed by atoms with van der Waals surface area (Å²) in [6, 6.07) is 14.1. The van der Waals surface area contributed by atoms with Crippen LogP contribution in [0.4, 0.5) is 5.69 Å². The second-order valence-corrected chi connectivity index (χ2v) is 8.83. The van der Waals surface area contributed by atoms with E-state index in [-0.39, 0.29) is 12.0 Å². The normalized spacial score (nSPS) is 26.2. The highest BCUT2D eigenvalue weighted by molar-refractivity contribution is 6.31. The van der Waals surface area contributed by atoms with Gasteiger partial charge in [-0.05, 0) is 41.8 Å². The van der Waals surface area contributed by atoms with Gasteiger partial charge in [0.1, 0.15) is 5.84 Å². The molecular weight excluding hydrogens is 415 g/mol. The number of piperidine rings is 1. The minimum Gasteiger partial charge on any atom is -0.325 e. The minimum absolute atomic E-state index is 0.0245. The Kier molecular flexibility index (Phi) is 4.72. The van der Waals surface area contributed by atoms with Gasteiger partial charge in [0, 0.05) is 41.0 Å². The monoisotopic (exact) mass is 436 g/mol. The first-order chi connectivity index (χ1) is 14.5. The van der Waals surface area contributed by atoms with E-state index in [0.717, 1.165) is 35.0 Å². The van der Waals surface area contributed by atoms with E-state index in [4.69, 9.17) is 28.2 Å². The van der Waals surface area contributed by atoms with Gasteiger partial charge in [0.25, 0.3) is 0 Å². The van der Waals surface area contributed by atoms with Gasteiger partial charge in [0.15, 0.2) is 0 Å². The first kappa shape index (κ1) is 19.4. The van der Waals surface area contributed by atoms with Crippen molar-refractivity contribution in [3.05, 3.63) is 88.2 Å². The Balaban J connectivity index is 1.79. The Morgan fingerprint density at radius 1 is 1.23 bits per heavy atom. The molecule has 1 fully saturated rings. The van der Waals surface area contributed by atoms with E-state index in [1.54, 1.807) is 0 Å². The van der Waals surface area contributed by atoms with E-state index in [0.29, 0.717) is 5.02 Å². The van der Waals surface area contributed by atoms with E-state index >= 15 is 0 Å². The van der Waals surface area contributed by atoms with Crippen molar-refractivity contribution in [2.45, 2.75) is 37.1 Å². The molecule has 0 bridgehead atoms. The molecule has 0 saturated carbocycles. The molecule has 3 aliphatic heterocycles. The first-order valence-electron chi connectivity index (χ1n) is 10.1. The maximum atomic E-state index is 6.41. The van der Waals surface area contributed by atoms with Gasteiger partial charge >= 0.3 is 0 Å². The lowest BCUT2D eigenvalue weighted by Crippen LogP contribution is -2.60. The van der Waals surface area contributed by atoms with Crippen molar-refractivity contribution in [3.63, 3.8) is 0 Å². The lowest BCUT2D eigenvalue weighted by molar-refractivity contribution is 0.253. The molecule has 3 unspecified atom stereocenters. The molecule has 30 heavy (non-hydrogen) atoms. The van der Waals surface area contributed by atoms with Crippen molar-refractivity contribution >= 4 is 40.9 Å². The second-order valence-electron chi connectivity index (χ2n) is 7.96. The van der Waals surface area contributed by atoms with Gasteiger partial charge in [-0.25, -0.2) is 0 Å². The number of benzene rings is 2. The molecule has 0 aromatic heterocycles. The molecule has 6 heteroatoms. The van der Waals surface area contributed by atoms with E-state index in [1.165, 1.54) is 11.1 Å². The summed E-state index contributed by atoms with van der Waals surface area (Å²) >= 11 is 12.7. The predicted molar refractivity (Wildman–Crippen MR) is 125 cm³/mol. The van der Waals surface area contributed by atoms with Gasteiger partial charge in [0.05, 0.1) is 17.1 Å². The molecule has 5 rings (SSSR count). The Morgan fingerprint density at radius 3 is 2.87 bits per heavy atom. The average Bonchev–Trinajstić information content (AvgIpc) is 3.11. The molecule has 3 heterocycles. The number of aliphatic imine (C=N–C) groups is 1. The van der Waals surface area contributed by atoms with Crippen LogP contribution < -0.4 is 5.43 Å². The molecule has 3 atom stereocenters. The number of nitrogens with one attached hydrogen (secondary N) is 1. The standard InChI is InChI=1S/C24H22Cl2N4/c1-3-15(2)23-24(14-27-21-12-18(26)7-8-19(21)24)20(16-5-4-6-17(25)11-16)13-22-29-28-9-10-30(22)23/h4-12,14,20,23,28H,2-3,13H2,1H3. The molecule has 3 aliphatic rings. The predicted octanol–water partition coefficient (Wildman–Crippen LogP) is 6.16. The summed E-state index contributed by atoms with van der Waals surface area (Å²) < 4.78 is 0. The second kappa shape index (κ2) is 7.29. The Labute approximate surface area is 186 Å². The number of hydrazone groups is 1. The molecule has 0 amide bonds. The molecule has 2 aromatic rings. The van der Waals surface area contributed by atoms with E-state index in [9.17, 15) is 0 Å². The fraction of sp³-hybridized carbons (Fsp3) is 0.250. The zero-order valence-electron chi connectivity index (χ0n) is 16.6. The van der Waals surface area contributed by atoms with Crippen LogP contribution in [0.1, 0.15) is 36.8 Å². The fourth-order valence-electron chi connectivity index (χ4n) is 5.09. The largest absolute Gasteiger partial charge is 0.325 e. The van der Waals surface area contributed by atoms with Crippen molar-refractivity contribution in [2.75, 3.05) is 0 Å². The number of rotatable bonds is 3. The van der Waals surface area contributed by atoms with Crippen LogP contribution >= 0.6 is 23.2 Å². The van der Waals surface area contributed by atoms with Gasteiger partial charge in [-0.3, -0.25) is 10.4 Å². The van der Waals surface area contributed by atoms with Crippen LogP contribution in [0.5, 0.6) is 0 Å². The average molecular weight is 437 g/mol. The smallest absolute Gasteiger partial charge is 0.130 e. The highest BCUT2D eigenvalue weighted by atomic mass is 35.5. The third-order valence-corrected chi connectivity index (χ3v) is 6.90. The summed E-state index contributed by atoms with van der Waals surface area (Å²) in [5, 5.41) is 6.02. The van der Waals surface area contributed by atoms with Crippen LogP contribution in [0.2, 0.25) is 10.0 Å². The highest BCUT2D eigenvalue weighted by Gasteiger charge is 2.56. The van der Waals surface area contributed by atoms with Crippen molar-refractivity contribution in [3.8, 4) is 0 Å². The topological polar surface area (TPSA) is 40.0 Å². The van der Waals surface area contributed by atoms with Crippen LogP contribution in [0.3, 0.4) is 0 Å². The van der Waals surface area contributed by atoms with Gasteiger partial charge in [-0.2, -0.15) is 5.10 Å². The maximum absolute atomic E-state index is 6.41. The summed E-state index contributed by atoms with van der Waals surface area (Å²) in [5.41, 5.74) is 7.00. The number of halogens is 2. The Morgan fingerprint density at radius 2 is 2.07 bits per heavy atom. The maximum Gasteiger partial charge on any atom is 0.130 e. The third kappa shape index (κ3) is 2.82. The molecular formula is C24H22Cl2N4. The van der Waals surface area contributed by atoms with Crippen molar-refractivity contribution in [2.24, 2.45) is 10.1 Å². The molecule has 1 spiro atoms. The number of nitrogens with zero attached hydrogens (tertiary/aromatic N) is 3. The van der Waals surface area contributed by atoms with Crippen molar-refractivity contribution in [1.29, 1.82) is 0 Å². The molecule has 1 N–H and O–H groups in total. The van der Waals surface area contributed by atoms with Crippen LogP contribution in [0, 0.1) is 0 Å².